The van der Waals surface area contributed by atoms with Crippen LogP contribution in [-0.4, -0.2) is 113 Å². The van der Waals surface area contributed by atoms with Crippen LogP contribution in [0, 0.1) is 17.8 Å². The highest BCUT2D eigenvalue weighted by molar-refractivity contribution is 5.83. The predicted molar refractivity (Wildman–Crippen MR) is 238 cm³/mol. The Morgan fingerprint density at radius 2 is 1.43 bits per heavy atom. The van der Waals surface area contributed by atoms with Gasteiger partial charge in [-0.3, -0.25) is 19.3 Å². The third-order valence-electron chi connectivity index (χ3n) is 12.7. The van der Waals surface area contributed by atoms with Crippen molar-refractivity contribution < 1.29 is 29.0 Å². The van der Waals surface area contributed by atoms with E-state index in [9.17, 15) is 14.4 Å². The lowest BCUT2D eigenvalue weighted by Crippen LogP contribution is -2.47. The Hall–Kier alpha value is -5.18. The normalized spacial score (nSPS) is 21.0. The van der Waals surface area contributed by atoms with Crippen LogP contribution in [0.2, 0.25) is 0 Å². The molecule has 2 aromatic heterocycles. The van der Waals surface area contributed by atoms with Gasteiger partial charge < -0.3 is 40.1 Å². The maximum absolute atomic E-state index is 13.4. The van der Waals surface area contributed by atoms with Crippen molar-refractivity contribution in [1.82, 2.24) is 40.4 Å². The van der Waals surface area contributed by atoms with Crippen molar-refractivity contribution in [1.29, 1.82) is 0 Å². The van der Waals surface area contributed by atoms with Gasteiger partial charge in [0.05, 0.1) is 47.9 Å². The molecular formula is C47H66N8O6. The number of fused-ring (bicyclic) bond motifs is 3. The van der Waals surface area contributed by atoms with Gasteiger partial charge >= 0.3 is 0 Å². The third kappa shape index (κ3) is 10.7. The van der Waals surface area contributed by atoms with Gasteiger partial charge in [-0.15, -0.1) is 0 Å². The Bertz CT molecular complexity index is 2040. The predicted octanol–water partition coefficient (Wildman–Crippen LogP) is 6.78. The monoisotopic (exact) mass is 839 g/mol. The summed E-state index contributed by atoms with van der Waals surface area (Å²) >= 11 is 0. The summed E-state index contributed by atoms with van der Waals surface area (Å²) in [7, 11) is 7.33. The number of aromatic nitrogens is 4. The van der Waals surface area contributed by atoms with Gasteiger partial charge in [-0.1, -0.05) is 64.1 Å². The Kier molecular flexibility index (Phi) is 17.0. The van der Waals surface area contributed by atoms with E-state index in [4.69, 9.17) is 19.9 Å². The molecule has 2 aromatic carbocycles. The highest BCUT2D eigenvalue weighted by Gasteiger charge is 2.42. The van der Waals surface area contributed by atoms with Gasteiger partial charge in [0.2, 0.25) is 12.3 Å². The minimum atomic E-state index is -0.331. The van der Waals surface area contributed by atoms with Crippen LogP contribution in [0.1, 0.15) is 107 Å². The number of ether oxygens (including phenoxy) is 1. The Morgan fingerprint density at radius 1 is 0.836 bits per heavy atom. The largest absolute Gasteiger partial charge is 0.483 e. The standard InChI is InChI=1S/C38H47N7O.C6H11NO2.C2H6O.CH2O2/c1-22(2)35(39-3)38(46)45-18-6-8-33(45)37-40-20-30(42-37)24-11-9-23(10-12-24)26-15-16-28(29-19-25-13-14-27(25)34(26)29)31-21-41-36(43-31)32-7-5-17-44(32)4;1-5(2)6(3-8)7-4-9;1-3-2;2-1-3/h9-12,15-16,20-22,25,27,32-33,35,39H,5-8,13-14,17-19H2,1-4H3,(H,40,42)(H,41,43);3-6H,1-2H3,(H,7,9);1-2H3;1H,(H,2,3). The molecule has 14 nitrogen and oxygen atoms in total. The smallest absolute Gasteiger partial charge is 0.290 e. The molecule has 8 rings (SSSR count). The number of carbonyl (C=O) groups is 4. The van der Waals surface area contributed by atoms with Crippen LogP contribution in [0.4, 0.5) is 0 Å². The van der Waals surface area contributed by atoms with E-state index < -0.39 is 0 Å². The van der Waals surface area contributed by atoms with E-state index in [-0.39, 0.29) is 42.3 Å². The molecule has 14 heteroatoms. The molecule has 6 unspecified atom stereocenters. The molecule has 61 heavy (non-hydrogen) atoms. The molecule has 330 valence electrons. The van der Waals surface area contributed by atoms with Gasteiger partial charge in [0.15, 0.2) is 0 Å². The van der Waals surface area contributed by atoms with Gasteiger partial charge in [0.1, 0.15) is 17.9 Å². The second kappa shape index (κ2) is 22.1. The molecule has 0 radical (unpaired) electrons. The van der Waals surface area contributed by atoms with Gasteiger partial charge in [-0.05, 0) is 117 Å². The molecular weight excluding hydrogens is 773 g/mol. The lowest BCUT2D eigenvalue weighted by Gasteiger charge is -2.31. The number of carbonyl (C=O) groups excluding carboxylic acids is 3. The number of hydrogen-bond acceptors (Lipinski definition) is 9. The second-order valence-corrected chi connectivity index (χ2v) is 17.2. The average molecular weight is 839 g/mol. The molecule has 2 amide bonds. The van der Waals surface area contributed by atoms with E-state index in [1.165, 1.54) is 54.4 Å². The number of likely N-dealkylation sites (N-methyl/N-ethyl adjacent to an activating group) is 1. The van der Waals surface area contributed by atoms with Crippen LogP contribution in [0.25, 0.3) is 33.6 Å². The van der Waals surface area contributed by atoms with Crippen LogP contribution < -0.4 is 10.6 Å². The van der Waals surface area contributed by atoms with Gasteiger partial charge in [0.25, 0.3) is 6.47 Å². The maximum Gasteiger partial charge on any atom is 0.290 e. The fourth-order valence-electron chi connectivity index (χ4n) is 9.35. The molecule has 3 fully saturated rings. The van der Waals surface area contributed by atoms with Crippen LogP contribution in [0.15, 0.2) is 48.8 Å². The van der Waals surface area contributed by atoms with E-state index >= 15 is 0 Å². The van der Waals surface area contributed by atoms with Crippen molar-refractivity contribution in [2.24, 2.45) is 17.8 Å². The number of imidazole rings is 2. The number of likely N-dealkylation sites (tertiary alicyclic amines) is 2. The number of hydrogen-bond donors (Lipinski definition) is 5. The van der Waals surface area contributed by atoms with E-state index in [1.54, 1.807) is 19.8 Å². The fraction of sp³-hybridized carbons (Fsp3) is 0.532. The first-order chi connectivity index (χ1) is 29.5. The number of aromatic amines is 2. The van der Waals surface area contributed by atoms with Crippen molar-refractivity contribution in [3.8, 4) is 33.6 Å². The highest BCUT2D eigenvalue weighted by atomic mass is 16.4. The van der Waals surface area contributed by atoms with Gasteiger partial charge in [-0.25, -0.2) is 9.97 Å². The number of nitrogens with zero attached hydrogens (tertiary/aromatic N) is 4. The quantitative estimate of drug-likeness (QED) is 0.0954. The molecule has 6 atom stereocenters. The first kappa shape index (κ1) is 46.9. The molecule has 1 saturated carbocycles. The second-order valence-electron chi connectivity index (χ2n) is 17.2. The lowest BCUT2D eigenvalue weighted by molar-refractivity contribution is -0.135. The Morgan fingerprint density at radius 3 is 1.97 bits per heavy atom. The summed E-state index contributed by atoms with van der Waals surface area (Å²) in [6.07, 6.45) is 13.4. The molecule has 4 aliphatic rings. The Labute approximate surface area is 360 Å². The van der Waals surface area contributed by atoms with Gasteiger partial charge in [0, 0.05) is 26.3 Å². The zero-order valence-electron chi connectivity index (χ0n) is 37.1. The van der Waals surface area contributed by atoms with E-state index in [2.05, 4.69) is 93.7 Å². The van der Waals surface area contributed by atoms with Crippen LogP contribution in [0.5, 0.6) is 0 Å². The van der Waals surface area contributed by atoms with Crippen molar-refractivity contribution in [3.63, 3.8) is 0 Å². The summed E-state index contributed by atoms with van der Waals surface area (Å²) in [4.78, 5) is 63.0. The highest BCUT2D eigenvalue weighted by Crippen LogP contribution is 2.56. The molecule has 2 aliphatic carbocycles. The molecule has 0 spiro atoms. The molecule has 4 heterocycles. The number of H-pyrrole nitrogens is 2. The summed E-state index contributed by atoms with van der Waals surface area (Å²) in [5.41, 5.74) is 10.4. The first-order valence-corrected chi connectivity index (χ1v) is 21.6. The lowest BCUT2D eigenvalue weighted by atomic mass is 9.73. The van der Waals surface area contributed by atoms with Gasteiger partial charge in [-0.2, -0.15) is 0 Å². The Balaban J connectivity index is 0.000000407. The molecule has 4 aromatic rings. The number of benzene rings is 2. The molecule has 5 N–H and O–H groups in total. The van der Waals surface area contributed by atoms with Crippen LogP contribution >= 0.6 is 0 Å². The van der Waals surface area contributed by atoms with Crippen LogP contribution in [-0.2, 0) is 30.3 Å². The minimum Gasteiger partial charge on any atom is -0.483 e. The number of aldehydes is 1. The summed E-state index contributed by atoms with van der Waals surface area (Å²) in [6, 6.07) is 13.5. The van der Waals surface area contributed by atoms with Crippen molar-refractivity contribution in [3.05, 3.63) is 71.6 Å². The van der Waals surface area contributed by atoms with E-state index in [0.717, 1.165) is 66.7 Å². The van der Waals surface area contributed by atoms with Crippen LogP contribution in [0.3, 0.4) is 0 Å². The van der Waals surface area contributed by atoms with Crippen molar-refractivity contribution in [2.45, 2.75) is 103 Å². The van der Waals surface area contributed by atoms with E-state index in [0.29, 0.717) is 18.4 Å². The summed E-state index contributed by atoms with van der Waals surface area (Å²) in [5, 5.41) is 12.5. The first-order valence-electron chi connectivity index (χ1n) is 21.6. The fourth-order valence-corrected chi connectivity index (χ4v) is 9.35. The van der Waals surface area contributed by atoms with Crippen molar-refractivity contribution >= 4 is 25.1 Å². The summed E-state index contributed by atoms with van der Waals surface area (Å²) in [6.45, 7) is 9.60. The minimum absolute atomic E-state index is 0.00308. The summed E-state index contributed by atoms with van der Waals surface area (Å²) in [5.74, 6) is 4.01. The SMILES string of the molecule is CC(C)C(C=O)NC=O.CNC(C(=O)N1CCCC1c1ncc(-c2ccc(-c3ccc(-c4cnc(C5CCCN5C)[nH]4)c4c3C3CCC3C4)cc2)[nH]1)C(C)C.COC.O=CO. The maximum atomic E-state index is 13.4. The topological polar surface area (TPSA) is 186 Å². The van der Waals surface area contributed by atoms with E-state index in [1.807, 2.05) is 32.0 Å². The number of carboxylic acid groups (broad SMARTS) is 1. The molecule has 2 aliphatic heterocycles. The average Bonchev–Trinajstić information content (AvgIpc) is 4.09. The zero-order valence-corrected chi connectivity index (χ0v) is 37.1. The molecule has 0 bridgehead atoms. The number of nitrogens with one attached hydrogen (secondary N) is 4. The third-order valence-corrected chi connectivity index (χ3v) is 12.7. The zero-order chi connectivity index (χ0) is 44.2. The number of rotatable bonds is 12. The van der Waals surface area contributed by atoms with Crippen molar-refractivity contribution in [2.75, 3.05) is 41.4 Å². The summed E-state index contributed by atoms with van der Waals surface area (Å²) < 4.78 is 4.25. The number of methoxy groups -OCH3 is 1. The molecule has 2 saturated heterocycles. The number of amides is 2.